The largest absolute Gasteiger partial charge is 0.417 e. The number of hydrogen-bond acceptors (Lipinski definition) is 6. The third-order valence-electron chi connectivity index (χ3n) is 4.95. The van der Waals surface area contributed by atoms with Gasteiger partial charge in [0.05, 0.1) is 16.8 Å². The maximum atomic E-state index is 12.9. The second kappa shape index (κ2) is 9.03. The molecule has 0 N–H and O–H groups in total. The Morgan fingerprint density at radius 1 is 1.10 bits per heavy atom. The molecule has 0 unspecified atom stereocenters. The van der Waals surface area contributed by atoms with Crippen LogP contribution in [0, 0.1) is 0 Å². The van der Waals surface area contributed by atoms with Crippen molar-refractivity contribution in [1.82, 2.24) is 19.9 Å². The monoisotopic (exact) mass is 442 g/mol. The summed E-state index contributed by atoms with van der Waals surface area (Å²) in [7, 11) is 0. The van der Waals surface area contributed by atoms with E-state index in [9.17, 15) is 18.0 Å². The highest BCUT2D eigenvalue weighted by atomic mass is 35.5. The number of nitrogens with zero attached hydrogens (tertiary/aromatic N) is 6. The number of carbonyl (C=O) groups excluding carboxylic acids is 1. The zero-order valence-corrected chi connectivity index (χ0v) is 17.4. The second-order valence-corrected chi connectivity index (χ2v) is 7.13. The summed E-state index contributed by atoms with van der Waals surface area (Å²) in [4.78, 5) is 30.8. The molecule has 1 fully saturated rings. The van der Waals surface area contributed by atoms with Crippen molar-refractivity contribution in [2.24, 2.45) is 0 Å². The van der Waals surface area contributed by atoms with Gasteiger partial charge in [0.1, 0.15) is 5.82 Å². The van der Waals surface area contributed by atoms with Gasteiger partial charge in [0.15, 0.2) is 5.69 Å². The lowest BCUT2D eigenvalue weighted by molar-refractivity contribution is -0.137. The third-order valence-corrected chi connectivity index (χ3v) is 5.22. The van der Waals surface area contributed by atoms with Crippen molar-refractivity contribution in [3.8, 4) is 0 Å². The number of hydrogen-bond donors (Lipinski definition) is 0. The highest BCUT2D eigenvalue weighted by Crippen LogP contribution is 2.29. The van der Waals surface area contributed by atoms with Crippen LogP contribution >= 0.6 is 11.6 Å². The molecule has 2 aromatic heterocycles. The van der Waals surface area contributed by atoms with E-state index in [4.69, 9.17) is 11.6 Å². The van der Waals surface area contributed by atoms with E-state index in [0.29, 0.717) is 51.0 Å². The van der Waals surface area contributed by atoms with Gasteiger partial charge in [-0.2, -0.15) is 13.2 Å². The summed E-state index contributed by atoms with van der Waals surface area (Å²) in [5.41, 5.74) is -0.642. The van der Waals surface area contributed by atoms with Gasteiger partial charge in [-0.25, -0.2) is 15.0 Å². The molecule has 0 bridgehead atoms. The first-order valence-corrected chi connectivity index (χ1v) is 9.97. The topological polar surface area (TPSA) is 65.5 Å². The Bertz CT molecular complexity index is 881. The van der Waals surface area contributed by atoms with Crippen LogP contribution in [0.1, 0.15) is 29.9 Å². The molecule has 0 spiro atoms. The van der Waals surface area contributed by atoms with Gasteiger partial charge < -0.3 is 14.7 Å². The number of amides is 1. The highest BCUT2D eigenvalue weighted by Gasteiger charge is 2.31. The average Bonchev–Trinajstić information content (AvgIpc) is 2.75. The molecule has 162 valence electrons. The fraction of sp³-hybridized carbons (Fsp3) is 0.474. The minimum absolute atomic E-state index is 0.148. The van der Waals surface area contributed by atoms with E-state index in [-0.39, 0.29) is 16.6 Å². The van der Waals surface area contributed by atoms with E-state index in [1.54, 1.807) is 4.90 Å². The summed E-state index contributed by atoms with van der Waals surface area (Å²) < 4.78 is 38.1. The van der Waals surface area contributed by atoms with Crippen molar-refractivity contribution in [2.45, 2.75) is 20.0 Å². The smallest absolute Gasteiger partial charge is 0.353 e. The van der Waals surface area contributed by atoms with Crippen LogP contribution in [0.25, 0.3) is 0 Å². The van der Waals surface area contributed by atoms with Crippen LogP contribution in [0.3, 0.4) is 0 Å². The SMILES string of the molecule is CCN(CC)c1ncc(Cl)c(C(=O)N2CCN(c3ccc(C(F)(F)F)cn3)CC2)n1. The van der Waals surface area contributed by atoms with E-state index >= 15 is 0 Å². The molecule has 0 aliphatic carbocycles. The van der Waals surface area contributed by atoms with E-state index in [0.717, 1.165) is 12.3 Å². The molecular weight excluding hydrogens is 421 g/mol. The molecule has 0 saturated carbocycles. The number of piperazine rings is 1. The van der Waals surface area contributed by atoms with E-state index in [1.807, 2.05) is 23.6 Å². The second-order valence-electron chi connectivity index (χ2n) is 6.72. The molecular formula is C19H22ClF3N6O. The summed E-state index contributed by atoms with van der Waals surface area (Å²) in [6.45, 7) is 6.97. The first-order valence-electron chi connectivity index (χ1n) is 9.59. The van der Waals surface area contributed by atoms with E-state index < -0.39 is 11.7 Å². The zero-order chi connectivity index (χ0) is 21.9. The van der Waals surface area contributed by atoms with Gasteiger partial charge in [0.25, 0.3) is 5.91 Å². The molecule has 0 aromatic carbocycles. The molecule has 3 rings (SSSR count). The van der Waals surface area contributed by atoms with Crippen molar-refractivity contribution < 1.29 is 18.0 Å². The van der Waals surface area contributed by atoms with Crippen molar-refractivity contribution in [3.05, 3.63) is 40.8 Å². The van der Waals surface area contributed by atoms with Gasteiger partial charge in [-0.3, -0.25) is 4.79 Å². The number of carbonyl (C=O) groups is 1. The molecule has 2 aromatic rings. The first-order chi connectivity index (χ1) is 14.2. The molecule has 0 radical (unpaired) electrons. The van der Waals surface area contributed by atoms with Crippen LogP contribution in [0.15, 0.2) is 24.5 Å². The van der Waals surface area contributed by atoms with Crippen molar-refractivity contribution >= 4 is 29.3 Å². The number of alkyl halides is 3. The summed E-state index contributed by atoms with van der Waals surface area (Å²) in [6.07, 6.45) is -2.17. The van der Waals surface area contributed by atoms with Crippen LogP contribution in [-0.4, -0.2) is 65.0 Å². The summed E-state index contributed by atoms with van der Waals surface area (Å²) >= 11 is 6.17. The number of pyridine rings is 1. The highest BCUT2D eigenvalue weighted by molar-refractivity contribution is 6.33. The third kappa shape index (κ3) is 4.75. The minimum atomic E-state index is -4.42. The Labute approximate surface area is 177 Å². The maximum Gasteiger partial charge on any atom is 0.417 e. The van der Waals surface area contributed by atoms with Crippen LogP contribution in [0.2, 0.25) is 5.02 Å². The maximum absolute atomic E-state index is 12.9. The molecule has 11 heteroatoms. The lowest BCUT2D eigenvalue weighted by Gasteiger charge is -2.35. The fourth-order valence-electron chi connectivity index (χ4n) is 3.20. The Morgan fingerprint density at radius 2 is 1.77 bits per heavy atom. The number of aromatic nitrogens is 3. The van der Waals surface area contributed by atoms with Crippen molar-refractivity contribution in [1.29, 1.82) is 0 Å². The average molecular weight is 443 g/mol. The Hall–Kier alpha value is -2.62. The molecule has 30 heavy (non-hydrogen) atoms. The number of rotatable bonds is 5. The van der Waals surface area contributed by atoms with Gasteiger partial charge >= 0.3 is 6.18 Å². The summed E-state index contributed by atoms with van der Waals surface area (Å²) in [5.74, 6) is 0.593. The first kappa shape index (κ1) is 22.1. The number of halogens is 4. The molecule has 3 heterocycles. The van der Waals surface area contributed by atoms with Gasteiger partial charge in [-0.05, 0) is 26.0 Å². The summed E-state index contributed by atoms with van der Waals surface area (Å²) in [6, 6.07) is 2.35. The minimum Gasteiger partial charge on any atom is -0.353 e. The van der Waals surface area contributed by atoms with E-state index in [1.165, 1.54) is 12.3 Å². The molecule has 1 saturated heterocycles. The normalized spacial score (nSPS) is 14.7. The van der Waals surface area contributed by atoms with Crippen molar-refractivity contribution in [2.75, 3.05) is 49.1 Å². The molecule has 7 nitrogen and oxygen atoms in total. The van der Waals surface area contributed by atoms with Crippen LogP contribution in [0.4, 0.5) is 24.9 Å². The van der Waals surface area contributed by atoms with E-state index in [2.05, 4.69) is 15.0 Å². The lowest BCUT2D eigenvalue weighted by atomic mass is 10.2. The summed E-state index contributed by atoms with van der Waals surface area (Å²) in [5, 5.41) is 0.183. The van der Waals surface area contributed by atoms with Crippen LogP contribution < -0.4 is 9.80 Å². The van der Waals surface area contributed by atoms with Gasteiger partial charge in [0, 0.05) is 45.5 Å². The number of anilines is 2. The van der Waals surface area contributed by atoms with Gasteiger partial charge in [-0.1, -0.05) is 11.6 Å². The Kier molecular flexibility index (Phi) is 6.64. The van der Waals surface area contributed by atoms with Gasteiger partial charge in [-0.15, -0.1) is 0 Å². The predicted molar refractivity (Wildman–Crippen MR) is 108 cm³/mol. The van der Waals surface area contributed by atoms with Crippen LogP contribution in [0.5, 0.6) is 0 Å². The van der Waals surface area contributed by atoms with Crippen LogP contribution in [-0.2, 0) is 6.18 Å². The molecule has 1 amide bonds. The van der Waals surface area contributed by atoms with Crippen molar-refractivity contribution in [3.63, 3.8) is 0 Å². The van der Waals surface area contributed by atoms with Gasteiger partial charge in [0.2, 0.25) is 5.95 Å². The molecule has 0 atom stereocenters. The zero-order valence-electron chi connectivity index (χ0n) is 16.7. The quantitative estimate of drug-likeness (QED) is 0.707. The lowest BCUT2D eigenvalue weighted by Crippen LogP contribution is -2.49. The predicted octanol–water partition coefficient (Wildman–Crippen LogP) is 3.35. The Balaban J connectivity index is 1.68. The molecule has 1 aliphatic heterocycles. The standard InChI is InChI=1S/C19H22ClF3N6O/c1-3-27(4-2)18-25-12-14(20)16(26-18)17(30)29-9-7-28(8-10-29)15-6-5-13(11-24-15)19(21,22)23/h5-6,11-12H,3-4,7-10H2,1-2H3. The molecule has 1 aliphatic rings. The fourth-order valence-corrected chi connectivity index (χ4v) is 3.37. The Morgan fingerprint density at radius 3 is 2.30 bits per heavy atom.